The molecule has 1 unspecified atom stereocenters. The third-order valence-corrected chi connectivity index (χ3v) is 4.25. The van der Waals surface area contributed by atoms with Gasteiger partial charge in [-0.3, -0.25) is 0 Å². The van der Waals surface area contributed by atoms with Crippen LogP contribution in [-0.2, 0) is 22.6 Å². The van der Waals surface area contributed by atoms with Gasteiger partial charge in [-0.05, 0) is 24.1 Å². The van der Waals surface area contributed by atoms with Crippen LogP contribution < -0.4 is 0 Å². The first-order chi connectivity index (χ1) is 11.7. The lowest BCUT2D eigenvalue weighted by Crippen LogP contribution is -2.25. The van der Waals surface area contributed by atoms with E-state index in [9.17, 15) is 0 Å². The zero-order valence-electron chi connectivity index (χ0n) is 14.0. The molecular weight excluding hydrogens is 347 g/mol. The quantitative estimate of drug-likeness (QED) is 0.523. The summed E-state index contributed by atoms with van der Waals surface area (Å²) in [5.41, 5.74) is 0.919. The Morgan fingerprint density at radius 3 is 2.83 bits per heavy atom. The van der Waals surface area contributed by atoms with E-state index < -0.39 is 0 Å². The topological polar surface area (TPSA) is 36.3 Å². The van der Waals surface area contributed by atoms with Crippen LogP contribution in [0.15, 0.2) is 36.9 Å². The van der Waals surface area contributed by atoms with Gasteiger partial charge >= 0.3 is 0 Å². The molecule has 0 saturated heterocycles. The molecular formula is C18H24Cl2N2O2. The summed E-state index contributed by atoms with van der Waals surface area (Å²) in [6, 6.07) is 5.44. The summed E-state index contributed by atoms with van der Waals surface area (Å²) in [5, 5.41) is 1.24. The Balaban J connectivity index is 1.86. The molecule has 1 atom stereocenters. The third-order valence-electron chi connectivity index (χ3n) is 3.66. The molecule has 1 aromatic carbocycles. The fourth-order valence-electron chi connectivity index (χ4n) is 2.30. The second-order valence-electron chi connectivity index (χ2n) is 5.71. The van der Waals surface area contributed by atoms with E-state index in [0.29, 0.717) is 29.8 Å². The van der Waals surface area contributed by atoms with Crippen LogP contribution in [0.4, 0.5) is 0 Å². The number of hydrogen-bond donors (Lipinski definition) is 0. The Kier molecular flexibility index (Phi) is 8.60. The van der Waals surface area contributed by atoms with Gasteiger partial charge in [0.05, 0.1) is 32.2 Å². The number of imidazole rings is 1. The predicted octanol–water partition coefficient (Wildman–Crippen LogP) is 4.98. The van der Waals surface area contributed by atoms with E-state index in [4.69, 9.17) is 32.7 Å². The van der Waals surface area contributed by atoms with Crippen molar-refractivity contribution in [3.8, 4) is 0 Å². The lowest BCUT2D eigenvalue weighted by atomic mass is 10.2. The molecule has 1 heterocycles. The molecule has 0 radical (unpaired) electrons. The minimum atomic E-state index is -0.0624. The lowest BCUT2D eigenvalue weighted by Gasteiger charge is -2.19. The Bertz CT molecular complexity index is 591. The molecule has 2 aromatic rings. The summed E-state index contributed by atoms with van der Waals surface area (Å²) >= 11 is 12.1. The molecule has 1 aromatic heterocycles. The van der Waals surface area contributed by atoms with Crippen LogP contribution in [0.25, 0.3) is 0 Å². The molecule has 4 nitrogen and oxygen atoms in total. The van der Waals surface area contributed by atoms with Crippen LogP contribution in [0.3, 0.4) is 0 Å². The van der Waals surface area contributed by atoms with Crippen LogP contribution in [-0.4, -0.2) is 28.9 Å². The Labute approximate surface area is 153 Å². The summed E-state index contributed by atoms with van der Waals surface area (Å²) in [4.78, 5) is 4.07. The summed E-state index contributed by atoms with van der Waals surface area (Å²) in [7, 11) is 0. The Hall–Kier alpha value is -1.07. The lowest BCUT2D eigenvalue weighted by molar-refractivity contribution is -0.0333. The van der Waals surface area contributed by atoms with Crippen LogP contribution in [0.5, 0.6) is 0 Å². The van der Waals surface area contributed by atoms with Crippen molar-refractivity contribution >= 4 is 23.2 Å². The van der Waals surface area contributed by atoms with Crippen molar-refractivity contribution in [1.82, 2.24) is 9.55 Å². The number of aromatic nitrogens is 2. The molecule has 0 amide bonds. The predicted molar refractivity (Wildman–Crippen MR) is 97.6 cm³/mol. The molecule has 0 saturated carbocycles. The third kappa shape index (κ3) is 6.81. The molecule has 24 heavy (non-hydrogen) atoms. The van der Waals surface area contributed by atoms with Gasteiger partial charge in [0, 0.05) is 29.0 Å². The van der Waals surface area contributed by atoms with Gasteiger partial charge in [-0.1, -0.05) is 49.0 Å². The second kappa shape index (κ2) is 10.7. The molecule has 132 valence electrons. The fraction of sp³-hybridized carbons (Fsp3) is 0.500. The average Bonchev–Trinajstić information content (AvgIpc) is 3.06. The Morgan fingerprint density at radius 1 is 1.25 bits per heavy atom. The summed E-state index contributed by atoms with van der Waals surface area (Å²) in [6.07, 6.45) is 8.85. The van der Waals surface area contributed by atoms with Crippen LogP contribution >= 0.6 is 23.2 Å². The number of rotatable bonds is 11. The molecule has 0 aliphatic rings. The first kappa shape index (κ1) is 19.3. The molecule has 2 rings (SSSR count). The smallest absolute Gasteiger partial charge is 0.0991 e. The summed E-state index contributed by atoms with van der Waals surface area (Å²) in [5.74, 6) is 0. The van der Waals surface area contributed by atoms with E-state index in [1.807, 2.05) is 22.9 Å². The molecule has 0 spiro atoms. The van der Waals surface area contributed by atoms with E-state index in [2.05, 4.69) is 11.9 Å². The van der Waals surface area contributed by atoms with Crippen molar-refractivity contribution in [2.45, 2.75) is 45.4 Å². The van der Waals surface area contributed by atoms with Crippen molar-refractivity contribution in [2.75, 3.05) is 13.2 Å². The maximum absolute atomic E-state index is 6.21. The van der Waals surface area contributed by atoms with Crippen LogP contribution in [0.2, 0.25) is 10.0 Å². The molecule has 0 bridgehead atoms. The maximum Gasteiger partial charge on any atom is 0.0991 e. The summed E-state index contributed by atoms with van der Waals surface area (Å²) in [6.45, 7) is 4.61. The number of unbranched alkanes of at least 4 members (excludes halogenated alkanes) is 2. The Morgan fingerprint density at radius 2 is 2.12 bits per heavy atom. The van der Waals surface area contributed by atoms with Gasteiger partial charge in [0.1, 0.15) is 0 Å². The fourth-order valence-corrected chi connectivity index (χ4v) is 2.76. The van der Waals surface area contributed by atoms with Gasteiger partial charge in [-0.15, -0.1) is 0 Å². The standard InChI is InChI=1S/C18H24Cl2N2O2/c1-2-3-4-9-23-13-17(11-22-8-7-21-14-22)24-12-15-5-6-16(19)10-18(15)20/h5-8,10,14,17H,2-4,9,11-13H2,1H3. The van der Waals surface area contributed by atoms with Gasteiger partial charge in [-0.25, -0.2) is 4.98 Å². The van der Waals surface area contributed by atoms with Crippen molar-refractivity contribution in [2.24, 2.45) is 0 Å². The average molecular weight is 371 g/mol. The van der Waals surface area contributed by atoms with Crippen molar-refractivity contribution < 1.29 is 9.47 Å². The van der Waals surface area contributed by atoms with Gasteiger partial charge in [0.2, 0.25) is 0 Å². The molecule has 0 aliphatic carbocycles. The highest BCUT2D eigenvalue weighted by Crippen LogP contribution is 2.22. The van der Waals surface area contributed by atoms with E-state index in [-0.39, 0.29) is 6.10 Å². The minimum absolute atomic E-state index is 0.0624. The van der Waals surface area contributed by atoms with E-state index >= 15 is 0 Å². The van der Waals surface area contributed by atoms with E-state index in [1.54, 1.807) is 18.6 Å². The molecule has 0 aliphatic heterocycles. The van der Waals surface area contributed by atoms with Gasteiger partial charge in [0.15, 0.2) is 0 Å². The van der Waals surface area contributed by atoms with Gasteiger partial charge in [-0.2, -0.15) is 0 Å². The molecule has 0 N–H and O–H groups in total. The highest BCUT2D eigenvalue weighted by molar-refractivity contribution is 6.35. The minimum Gasteiger partial charge on any atom is -0.379 e. The van der Waals surface area contributed by atoms with Crippen LogP contribution in [0, 0.1) is 0 Å². The van der Waals surface area contributed by atoms with Crippen molar-refractivity contribution in [3.05, 3.63) is 52.5 Å². The van der Waals surface area contributed by atoms with Crippen molar-refractivity contribution in [3.63, 3.8) is 0 Å². The maximum atomic E-state index is 6.21. The highest BCUT2D eigenvalue weighted by atomic mass is 35.5. The largest absolute Gasteiger partial charge is 0.379 e. The number of benzene rings is 1. The van der Waals surface area contributed by atoms with Crippen LogP contribution in [0.1, 0.15) is 31.7 Å². The zero-order valence-corrected chi connectivity index (χ0v) is 15.5. The zero-order chi connectivity index (χ0) is 17.2. The number of nitrogens with zero attached hydrogens (tertiary/aromatic N) is 2. The van der Waals surface area contributed by atoms with E-state index in [1.165, 1.54) is 12.8 Å². The SMILES string of the molecule is CCCCCOCC(Cn1ccnc1)OCc1ccc(Cl)cc1Cl. The second-order valence-corrected chi connectivity index (χ2v) is 6.55. The monoisotopic (exact) mass is 370 g/mol. The highest BCUT2D eigenvalue weighted by Gasteiger charge is 2.12. The first-order valence-electron chi connectivity index (χ1n) is 8.28. The van der Waals surface area contributed by atoms with Gasteiger partial charge in [0.25, 0.3) is 0 Å². The molecule has 6 heteroatoms. The van der Waals surface area contributed by atoms with Crippen molar-refractivity contribution in [1.29, 1.82) is 0 Å². The first-order valence-corrected chi connectivity index (χ1v) is 9.03. The number of halogens is 2. The number of hydrogen-bond acceptors (Lipinski definition) is 3. The normalized spacial score (nSPS) is 12.5. The number of ether oxygens (including phenoxy) is 2. The van der Waals surface area contributed by atoms with E-state index in [0.717, 1.165) is 18.6 Å². The summed E-state index contributed by atoms with van der Waals surface area (Å²) < 4.78 is 13.8. The van der Waals surface area contributed by atoms with Gasteiger partial charge < -0.3 is 14.0 Å². The molecule has 0 fully saturated rings.